The number of nitrogens with one attached hydrogen (secondary N) is 1. The van der Waals surface area contributed by atoms with Gasteiger partial charge in [0.25, 0.3) is 0 Å². The van der Waals surface area contributed by atoms with Crippen LogP contribution >= 0.6 is 0 Å². The number of rotatable bonds is 5. The van der Waals surface area contributed by atoms with Gasteiger partial charge >= 0.3 is 0 Å². The smallest absolute Gasteiger partial charge is 0.0638 e. The molecule has 1 aliphatic rings. The van der Waals surface area contributed by atoms with E-state index in [1.165, 1.54) is 25.9 Å². The number of hydrogen-bond donors (Lipinski definition) is 1. The summed E-state index contributed by atoms with van der Waals surface area (Å²) in [7, 11) is 2.19. The zero-order valence-corrected chi connectivity index (χ0v) is 10.9. The first kappa shape index (κ1) is 13.5. The van der Waals surface area contributed by atoms with Crippen molar-refractivity contribution in [3.63, 3.8) is 0 Å². The van der Waals surface area contributed by atoms with E-state index in [1.807, 2.05) is 0 Å². The van der Waals surface area contributed by atoms with Gasteiger partial charge in [-0.05, 0) is 52.2 Å². The fourth-order valence-electron chi connectivity index (χ4n) is 2.47. The summed E-state index contributed by atoms with van der Waals surface area (Å²) >= 11 is 0. The quantitative estimate of drug-likeness (QED) is 0.775. The lowest BCUT2D eigenvalue weighted by molar-refractivity contribution is 0.183. The Labute approximate surface area is 99.8 Å². The monoisotopic (exact) mass is 223 g/mol. The van der Waals surface area contributed by atoms with Gasteiger partial charge in [0, 0.05) is 12.1 Å². The third kappa shape index (κ3) is 4.11. The molecule has 16 heavy (non-hydrogen) atoms. The van der Waals surface area contributed by atoms with E-state index < -0.39 is 0 Å². The highest BCUT2D eigenvalue weighted by atomic mass is 15.1. The Morgan fingerprint density at radius 2 is 2.06 bits per heavy atom. The zero-order chi connectivity index (χ0) is 12.0. The number of nitrogens with zero attached hydrogens (tertiary/aromatic N) is 2. The Kier molecular flexibility index (Phi) is 5.79. The zero-order valence-electron chi connectivity index (χ0n) is 10.9. The molecule has 0 radical (unpaired) electrons. The van der Waals surface area contributed by atoms with Crippen LogP contribution in [0.15, 0.2) is 0 Å². The van der Waals surface area contributed by atoms with Gasteiger partial charge in [-0.15, -0.1) is 0 Å². The first-order chi connectivity index (χ1) is 7.67. The van der Waals surface area contributed by atoms with E-state index in [9.17, 15) is 0 Å². The van der Waals surface area contributed by atoms with E-state index in [0.717, 1.165) is 12.3 Å². The normalized spacial score (nSPS) is 22.6. The van der Waals surface area contributed by atoms with Crippen LogP contribution in [0.4, 0.5) is 0 Å². The number of piperidine rings is 1. The first-order valence-electron chi connectivity index (χ1n) is 6.48. The minimum Gasteiger partial charge on any atom is -0.310 e. The van der Waals surface area contributed by atoms with E-state index >= 15 is 0 Å². The predicted molar refractivity (Wildman–Crippen MR) is 67.1 cm³/mol. The molecule has 3 nitrogen and oxygen atoms in total. The number of nitriles is 1. The van der Waals surface area contributed by atoms with Gasteiger partial charge in [-0.1, -0.05) is 6.92 Å². The number of hydrogen-bond acceptors (Lipinski definition) is 3. The van der Waals surface area contributed by atoms with Crippen molar-refractivity contribution in [1.29, 1.82) is 5.26 Å². The lowest BCUT2D eigenvalue weighted by atomic mass is 9.90. The molecule has 1 rings (SSSR count). The van der Waals surface area contributed by atoms with Crippen molar-refractivity contribution in [2.24, 2.45) is 5.92 Å². The standard InChI is InChI=1S/C13H25N3/c1-4-13(5-8-14)15-11(2)12-6-9-16(3)10-7-12/h11-13,15H,4-7,9-10H2,1-3H3. The largest absolute Gasteiger partial charge is 0.310 e. The van der Waals surface area contributed by atoms with Gasteiger partial charge in [0.15, 0.2) is 0 Å². The molecule has 1 N–H and O–H groups in total. The molecule has 3 heteroatoms. The second-order valence-corrected chi connectivity index (χ2v) is 5.06. The van der Waals surface area contributed by atoms with Crippen LogP contribution in [0.3, 0.4) is 0 Å². The molecule has 0 aromatic carbocycles. The van der Waals surface area contributed by atoms with E-state index in [0.29, 0.717) is 18.5 Å². The highest BCUT2D eigenvalue weighted by Crippen LogP contribution is 2.20. The van der Waals surface area contributed by atoms with Gasteiger partial charge in [0.1, 0.15) is 0 Å². The van der Waals surface area contributed by atoms with E-state index in [1.54, 1.807) is 0 Å². The minimum atomic E-state index is 0.375. The van der Waals surface area contributed by atoms with Gasteiger partial charge in [-0.3, -0.25) is 0 Å². The van der Waals surface area contributed by atoms with Crippen LogP contribution in [0.25, 0.3) is 0 Å². The SMILES string of the molecule is CCC(CC#N)NC(C)C1CCN(C)CC1. The molecule has 1 saturated heterocycles. The van der Waals surface area contributed by atoms with Crippen LogP contribution in [0, 0.1) is 17.2 Å². The van der Waals surface area contributed by atoms with Crippen LogP contribution in [0.5, 0.6) is 0 Å². The van der Waals surface area contributed by atoms with Crippen molar-refractivity contribution >= 4 is 0 Å². The van der Waals surface area contributed by atoms with Gasteiger partial charge in [0.2, 0.25) is 0 Å². The molecule has 1 fully saturated rings. The molecule has 2 atom stereocenters. The molecule has 0 spiro atoms. The summed E-state index contributed by atoms with van der Waals surface area (Å²) in [6.07, 6.45) is 4.25. The van der Waals surface area contributed by atoms with E-state index in [-0.39, 0.29) is 0 Å². The molecular formula is C13H25N3. The van der Waals surface area contributed by atoms with Crippen LogP contribution in [-0.4, -0.2) is 37.1 Å². The summed E-state index contributed by atoms with van der Waals surface area (Å²) < 4.78 is 0. The fourth-order valence-corrected chi connectivity index (χ4v) is 2.47. The third-order valence-electron chi connectivity index (χ3n) is 3.80. The summed E-state index contributed by atoms with van der Waals surface area (Å²) in [5.41, 5.74) is 0. The van der Waals surface area contributed by atoms with Crippen molar-refractivity contribution in [1.82, 2.24) is 10.2 Å². The average molecular weight is 223 g/mol. The highest BCUT2D eigenvalue weighted by molar-refractivity contribution is 4.85. The highest BCUT2D eigenvalue weighted by Gasteiger charge is 2.23. The molecule has 2 unspecified atom stereocenters. The van der Waals surface area contributed by atoms with Crippen molar-refractivity contribution in [2.75, 3.05) is 20.1 Å². The van der Waals surface area contributed by atoms with E-state index in [4.69, 9.17) is 5.26 Å². The van der Waals surface area contributed by atoms with Crippen LogP contribution < -0.4 is 5.32 Å². The lowest BCUT2D eigenvalue weighted by Gasteiger charge is -2.34. The molecule has 0 aliphatic carbocycles. The molecule has 92 valence electrons. The molecule has 0 aromatic heterocycles. The van der Waals surface area contributed by atoms with Crippen molar-refractivity contribution in [3.05, 3.63) is 0 Å². The summed E-state index contributed by atoms with van der Waals surface area (Å²) in [6.45, 7) is 6.85. The Morgan fingerprint density at radius 3 is 2.56 bits per heavy atom. The molecule has 0 saturated carbocycles. The Morgan fingerprint density at radius 1 is 1.44 bits per heavy atom. The molecular weight excluding hydrogens is 198 g/mol. The number of likely N-dealkylation sites (tertiary alicyclic amines) is 1. The Bertz CT molecular complexity index is 226. The van der Waals surface area contributed by atoms with Gasteiger partial charge in [-0.2, -0.15) is 5.26 Å². The topological polar surface area (TPSA) is 39.1 Å². The van der Waals surface area contributed by atoms with Gasteiger partial charge < -0.3 is 10.2 Å². The maximum atomic E-state index is 8.73. The van der Waals surface area contributed by atoms with E-state index in [2.05, 4.69) is 37.2 Å². The summed E-state index contributed by atoms with van der Waals surface area (Å²) in [4.78, 5) is 2.40. The molecule has 0 amide bonds. The van der Waals surface area contributed by atoms with Gasteiger partial charge in [0.05, 0.1) is 12.5 Å². The fraction of sp³-hybridized carbons (Fsp3) is 0.923. The second-order valence-electron chi connectivity index (χ2n) is 5.06. The van der Waals surface area contributed by atoms with Crippen LogP contribution in [-0.2, 0) is 0 Å². The summed E-state index contributed by atoms with van der Waals surface area (Å²) in [5.74, 6) is 0.781. The van der Waals surface area contributed by atoms with Crippen molar-refractivity contribution in [3.8, 4) is 6.07 Å². The molecule has 1 aliphatic heterocycles. The minimum absolute atomic E-state index is 0.375. The summed E-state index contributed by atoms with van der Waals surface area (Å²) in [6, 6.07) is 3.19. The van der Waals surface area contributed by atoms with Crippen LogP contribution in [0.1, 0.15) is 39.5 Å². The average Bonchev–Trinajstić information content (AvgIpc) is 2.29. The van der Waals surface area contributed by atoms with Crippen molar-refractivity contribution < 1.29 is 0 Å². The maximum absolute atomic E-state index is 8.73. The lowest BCUT2D eigenvalue weighted by Crippen LogP contribution is -2.44. The maximum Gasteiger partial charge on any atom is 0.0638 e. The van der Waals surface area contributed by atoms with Crippen molar-refractivity contribution in [2.45, 2.75) is 51.6 Å². The Hall–Kier alpha value is -0.590. The Balaban J connectivity index is 2.33. The second kappa shape index (κ2) is 6.88. The third-order valence-corrected chi connectivity index (χ3v) is 3.80. The summed E-state index contributed by atoms with van der Waals surface area (Å²) in [5, 5.41) is 12.3. The molecule has 0 aromatic rings. The first-order valence-corrected chi connectivity index (χ1v) is 6.48. The predicted octanol–water partition coefficient (Wildman–Crippen LogP) is 2.00. The molecule has 0 bridgehead atoms. The van der Waals surface area contributed by atoms with Gasteiger partial charge in [-0.25, -0.2) is 0 Å². The molecule has 1 heterocycles. The van der Waals surface area contributed by atoms with Crippen LogP contribution in [0.2, 0.25) is 0 Å².